The Hall–Kier alpha value is 0.720. The zero-order chi connectivity index (χ0) is 10.5. The molecule has 0 N–H and O–H groups in total. The van der Waals surface area contributed by atoms with Gasteiger partial charge in [0, 0.05) is 5.88 Å². The van der Waals surface area contributed by atoms with Gasteiger partial charge in [-0.05, 0) is 26.4 Å². The van der Waals surface area contributed by atoms with Gasteiger partial charge in [0.15, 0.2) is 0 Å². The number of halogens is 1. The van der Waals surface area contributed by atoms with E-state index in [-0.39, 0.29) is 0 Å². The first-order valence-corrected chi connectivity index (χ1v) is 8.53. The van der Waals surface area contributed by atoms with E-state index in [9.17, 15) is 0 Å². The van der Waals surface area contributed by atoms with Gasteiger partial charge in [-0.3, -0.25) is 0 Å². The molecular weight excluding hydrogens is 199 g/mol. The molecule has 0 bridgehead atoms. The van der Waals surface area contributed by atoms with Gasteiger partial charge < -0.3 is 0 Å². The minimum atomic E-state index is 0.380. The van der Waals surface area contributed by atoms with Crippen LogP contribution in [0.1, 0.15) is 45.4 Å². The molecule has 2 heteroatoms. The molecule has 82 valence electrons. The summed E-state index contributed by atoms with van der Waals surface area (Å²) in [6.45, 7) is 8.93. The summed E-state index contributed by atoms with van der Waals surface area (Å²) in [7, 11) is 0.380. The molecule has 0 saturated carbocycles. The maximum Gasteiger partial charge on any atom is 0.0223 e. The molecule has 0 aromatic heterocycles. The highest BCUT2D eigenvalue weighted by molar-refractivity contribution is 7.55. The second kappa shape index (κ2) is 15.2. The van der Waals surface area contributed by atoms with Crippen LogP contribution in [0.15, 0.2) is 0 Å². The first-order chi connectivity index (χ1) is 6.15. The minimum Gasteiger partial charge on any atom is -0.127 e. The topological polar surface area (TPSA) is 0 Å². The van der Waals surface area contributed by atoms with E-state index in [1.165, 1.54) is 38.5 Å². The molecule has 0 nitrogen and oxygen atoms in total. The highest BCUT2D eigenvalue weighted by atomic mass is 35.5. The second-order valence-electron chi connectivity index (χ2n) is 3.80. The Morgan fingerprint density at radius 2 is 1.23 bits per heavy atom. The fraction of sp³-hybridized carbons (Fsp3) is 1.00. The molecule has 0 rings (SSSR count). The van der Waals surface area contributed by atoms with Crippen LogP contribution in [-0.2, 0) is 0 Å². The number of unbranched alkanes of at least 4 members (excludes halogenated alkanes) is 5. The monoisotopic (exact) mass is 224 g/mol. The Bertz CT molecular complexity index is 65.7. The highest BCUT2D eigenvalue weighted by Crippen LogP contribution is 2.14. The SMILES string of the molecule is CCCCCCCCCl.CP(C)C. The first-order valence-electron chi connectivity index (χ1n) is 5.32. The van der Waals surface area contributed by atoms with Crippen molar-refractivity contribution in [3.8, 4) is 0 Å². The summed E-state index contributed by atoms with van der Waals surface area (Å²) in [5.74, 6) is 0.839. The summed E-state index contributed by atoms with van der Waals surface area (Å²) >= 11 is 5.51. The molecule has 0 radical (unpaired) electrons. The Labute approximate surface area is 91.2 Å². The molecule has 0 spiro atoms. The van der Waals surface area contributed by atoms with Crippen LogP contribution in [0, 0.1) is 0 Å². The fourth-order valence-electron chi connectivity index (χ4n) is 0.875. The average molecular weight is 225 g/mol. The third-order valence-corrected chi connectivity index (χ3v) is 1.75. The largest absolute Gasteiger partial charge is 0.127 e. The Balaban J connectivity index is 0. The van der Waals surface area contributed by atoms with Crippen LogP contribution in [0.4, 0.5) is 0 Å². The Morgan fingerprint density at radius 1 is 0.846 bits per heavy atom. The molecule has 0 atom stereocenters. The van der Waals surface area contributed by atoms with Crippen molar-refractivity contribution in [2.45, 2.75) is 45.4 Å². The quantitative estimate of drug-likeness (QED) is 0.341. The number of hydrogen-bond donors (Lipinski definition) is 0. The van der Waals surface area contributed by atoms with E-state index in [4.69, 9.17) is 11.6 Å². The van der Waals surface area contributed by atoms with E-state index in [2.05, 4.69) is 26.9 Å². The van der Waals surface area contributed by atoms with Gasteiger partial charge in [0.25, 0.3) is 0 Å². The minimum absolute atomic E-state index is 0.380. The van der Waals surface area contributed by atoms with Gasteiger partial charge in [-0.25, -0.2) is 0 Å². The van der Waals surface area contributed by atoms with Crippen LogP contribution in [0.2, 0.25) is 0 Å². The molecular formula is C11H26ClP. The lowest BCUT2D eigenvalue weighted by atomic mass is 10.1. The van der Waals surface area contributed by atoms with Crippen LogP contribution in [0.3, 0.4) is 0 Å². The highest BCUT2D eigenvalue weighted by Gasteiger charge is 1.86. The molecule has 0 amide bonds. The van der Waals surface area contributed by atoms with Crippen molar-refractivity contribution in [3.05, 3.63) is 0 Å². The van der Waals surface area contributed by atoms with Crippen molar-refractivity contribution < 1.29 is 0 Å². The van der Waals surface area contributed by atoms with Crippen LogP contribution >= 0.6 is 19.5 Å². The predicted octanol–water partition coefficient (Wildman–Crippen LogP) is 4.94. The van der Waals surface area contributed by atoms with Gasteiger partial charge in [-0.2, -0.15) is 0 Å². The van der Waals surface area contributed by atoms with E-state index in [1.54, 1.807) is 0 Å². The summed E-state index contributed by atoms with van der Waals surface area (Å²) in [6.07, 6.45) is 8.02. The lowest BCUT2D eigenvalue weighted by Crippen LogP contribution is -1.78. The van der Waals surface area contributed by atoms with Gasteiger partial charge in [-0.15, -0.1) is 19.5 Å². The van der Waals surface area contributed by atoms with Crippen molar-refractivity contribution in [2.24, 2.45) is 0 Å². The lowest BCUT2D eigenvalue weighted by Gasteiger charge is -1.95. The van der Waals surface area contributed by atoms with E-state index in [0.717, 1.165) is 5.88 Å². The molecule has 0 aromatic rings. The molecule has 0 aliphatic rings. The van der Waals surface area contributed by atoms with Crippen molar-refractivity contribution in [1.29, 1.82) is 0 Å². The summed E-state index contributed by atoms with van der Waals surface area (Å²) in [6, 6.07) is 0. The van der Waals surface area contributed by atoms with Gasteiger partial charge in [0.2, 0.25) is 0 Å². The van der Waals surface area contributed by atoms with Crippen LogP contribution < -0.4 is 0 Å². The Kier molecular flexibility index (Phi) is 18.9. The van der Waals surface area contributed by atoms with Gasteiger partial charge in [0.1, 0.15) is 0 Å². The van der Waals surface area contributed by atoms with Crippen molar-refractivity contribution in [2.75, 3.05) is 25.9 Å². The molecule has 13 heavy (non-hydrogen) atoms. The number of hydrogen-bond acceptors (Lipinski definition) is 0. The third-order valence-electron chi connectivity index (χ3n) is 1.49. The van der Waals surface area contributed by atoms with E-state index < -0.39 is 0 Å². The zero-order valence-electron chi connectivity index (χ0n) is 9.77. The van der Waals surface area contributed by atoms with Crippen molar-refractivity contribution in [3.63, 3.8) is 0 Å². The van der Waals surface area contributed by atoms with E-state index in [1.807, 2.05) is 0 Å². The van der Waals surface area contributed by atoms with Gasteiger partial charge in [-0.1, -0.05) is 39.0 Å². The molecule has 0 heterocycles. The normalized spacial score (nSPS) is 9.69. The summed E-state index contributed by atoms with van der Waals surface area (Å²) in [5, 5.41) is 0. The van der Waals surface area contributed by atoms with Crippen LogP contribution in [-0.4, -0.2) is 25.9 Å². The first kappa shape index (κ1) is 16.2. The molecule has 0 aliphatic carbocycles. The maximum atomic E-state index is 5.51. The molecule has 0 unspecified atom stereocenters. The zero-order valence-corrected chi connectivity index (χ0v) is 11.4. The van der Waals surface area contributed by atoms with Crippen molar-refractivity contribution in [1.82, 2.24) is 0 Å². The van der Waals surface area contributed by atoms with Gasteiger partial charge >= 0.3 is 0 Å². The second-order valence-corrected chi connectivity index (χ2v) is 6.86. The van der Waals surface area contributed by atoms with Gasteiger partial charge in [0.05, 0.1) is 0 Å². The standard InChI is InChI=1S/C8H17Cl.C3H9P/c1-2-3-4-5-6-7-8-9;1-4(2)3/h2-8H2,1H3;1-3H3. The van der Waals surface area contributed by atoms with Crippen LogP contribution in [0.5, 0.6) is 0 Å². The van der Waals surface area contributed by atoms with E-state index >= 15 is 0 Å². The third kappa shape index (κ3) is 32.4. The summed E-state index contributed by atoms with van der Waals surface area (Å²) in [4.78, 5) is 0. The smallest absolute Gasteiger partial charge is 0.0223 e. The lowest BCUT2D eigenvalue weighted by molar-refractivity contribution is 0.626. The fourth-order valence-corrected chi connectivity index (χ4v) is 1.06. The number of rotatable bonds is 6. The average Bonchev–Trinajstić information content (AvgIpc) is 2.03. The van der Waals surface area contributed by atoms with Crippen molar-refractivity contribution >= 4 is 19.5 Å². The summed E-state index contributed by atoms with van der Waals surface area (Å²) in [5.41, 5.74) is 0. The van der Waals surface area contributed by atoms with E-state index in [0.29, 0.717) is 7.92 Å². The Morgan fingerprint density at radius 3 is 1.62 bits per heavy atom. The van der Waals surface area contributed by atoms with Crippen LogP contribution in [0.25, 0.3) is 0 Å². The molecule has 0 aliphatic heterocycles. The molecule has 0 aromatic carbocycles. The summed E-state index contributed by atoms with van der Waals surface area (Å²) < 4.78 is 0. The molecule has 0 saturated heterocycles. The predicted molar refractivity (Wildman–Crippen MR) is 68.8 cm³/mol. The molecule has 0 fully saturated rings. The maximum absolute atomic E-state index is 5.51. The number of alkyl halides is 1.